The molecule has 4 heteroatoms. The Balaban J connectivity index is 3.31. The lowest BCUT2D eigenvalue weighted by atomic mass is 10.2. The van der Waals surface area contributed by atoms with Gasteiger partial charge in [-0.25, -0.2) is 0 Å². The summed E-state index contributed by atoms with van der Waals surface area (Å²) >= 11 is 1.87. The third kappa shape index (κ3) is 1.62. The number of carbonyl (C=O) groups excluding carboxylic acids is 1. The highest BCUT2D eigenvalue weighted by Crippen LogP contribution is 2.26. The molecule has 0 aromatic heterocycles. The maximum Gasteiger partial charge on any atom is 0.153 e. The van der Waals surface area contributed by atoms with Gasteiger partial charge in [0.15, 0.2) is 6.29 Å². The van der Waals surface area contributed by atoms with E-state index in [-0.39, 0.29) is 17.1 Å². The predicted octanol–water partition coefficient (Wildman–Crippen LogP) is 1.51. The van der Waals surface area contributed by atoms with Crippen LogP contribution in [0.15, 0.2) is 12.1 Å². The van der Waals surface area contributed by atoms with Gasteiger partial charge >= 0.3 is 0 Å². The van der Waals surface area contributed by atoms with Crippen molar-refractivity contribution in [2.45, 2.75) is 0 Å². The summed E-state index contributed by atoms with van der Waals surface area (Å²) in [5.41, 5.74) is 0.187. The molecule has 0 aliphatic carbocycles. The van der Waals surface area contributed by atoms with Crippen molar-refractivity contribution in [3.05, 3.63) is 21.3 Å². The lowest BCUT2D eigenvalue weighted by Gasteiger charge is -1.99. The molecular weight excluding hydrogens is 259 g/mol. The summed E-state index contributed by atoms with van der Waals surface area (Å²) in [6.07, 6.45) is 0.539. The average Bonchev–Trinajstić information content (AvgIpc) is 1.97. The second-order valence-corrected chi connectivity index (χ2v) is 3.14. The lowest BCUT2D eigenvalue weighted by molar-refractivity contribution is 0.112. The highest BCUT2D eigenvalue weighted by atomic mass is 127. The predicted molar refractivity (Wildman–Crippen MR) is 47.9 cm³/mol. The second kappa shape index (κ2) is 3.08. The second-order valence-electron chi connectivity index (χ2n) is 1.98. The number of phenols is 2. The molecule has 0 unspecified atom stereocenters. The van der Waals surface area contributed by atoms with Gasteiger partial charge in [-0.05, 0) is 28.7 Å². The maximum atomic E-state index is 10.2. The number of halogens is 1. The molecule has 1 rings (SSSR count). The minimum Gasteiger partial charge on any atom is -0.507 e. The van der Waals surface area contributed by atoms with Crippen LogP contribution in [0.5, 0.6) is 11.5 Å². The van der Waals surface area contributed by atoms with E-state index in [1.54, 1.807) is 0 Å². The maximum absolute atomic E-state index is 10.2. The molecule has 3 nitrogen and oxygen atoms in total. The molecule has 0 bridgehead atoms. The zero-order chi connectivity index (χ0) is 8.43. The summed E-state index contributed by atoms with van der Waals surface area (Å²) in [6.45, 7) is 0. The van der Waals surface area contributed by atoms with Gasteiger partial charge in [-0.1, -0.05) is 0 Å². The number of rotatable bonds is 1. The largest absolute Gasteiger partial charge is 0.507 e. The van der Waals surface area contributed by atoms with Gasteiger partial charge in [-0.15, -0.1) is 0 Å². The van der Waals surface area contributed by atoms with Crippen molar-refractivity contribution in [2.24, 2.45) is 0 Å². The SMILES string of the molecule is O=Cc1cc(I)c(O)cc1O. The van der Waals surface area contributed by atoms with Crippen LogP contribution in [0, 0.1) is 3.57 Å². The first kappa shape index (κ1) is 8.32. The Bertz CT molecular complexity index is 296. The molecule has 0 amide bonds. The Hall–Kier alpha value is -0.780. The summed E-state index contributed by atoms with van der Waals surface area (Å²) in [5.74, 6) is -0.216. The van der Waals surface area contributed by atoms with E-state index in [1.165, 1.54) is 6.07 Å². The van der Waals surface area contributed by atoms with Crippen LogP contribution >= 0.6 is 22.6 Å². The number of phenolic OH excluding ortho intramolecular Hbond substituents is 2. The molecule has 0 saturated carbocycles. The first-order chi connectivity index (χ1) is 5.15. The van der Waals surface area contributed by atoms with Gasteiger partial charge < -0.3 is 10.2 Å². The van der Waals surface area contributed by atoms with Crippen LogP contribution in [-0.4, -0.2) is 16.5 Å². The zero-order valence-electron chi connectivity index (χ0n) is 5.41. The third-order valence-electron chi connectivity index (χ3n) is 1.22. The average molecular weight is 264 g/mol. The highest BCUT2D eigenvalue weighted by molar-refractivity contribution is 14.1. The summed E-state index contributed by atoms with van der Waals surface area (Å²) in [6, 6.07) is 2.56. The van der Waals surface area contributed by atoms with Gasteiger partial charge in [-0.3, -0.25) is 4.79 Å². The molecule has 0 saturated heterocycles. The van der Waals surface area contributed by atoms with Crippen molar-refractivity contribution in [2.75, 3.05) is 0 Å². The monoisotopic (exact) mass is 264 g/mol. The summed E-state index contributed by atoms with van der Waals surface area (Å²) in [4.78, 5) is 10.2. The minimum atomic E-state index is -0.196. The first-order valence-corrected chi connectivity index (χ1v) is 3.89. The summed E-state index contributed by atoms with van der Waals surface area (Å²) < 4.78 is 0.544. The number of aldehydes is 1. The fraction of sp³-hybridized carbons (Fsp3) is 0. The standard InChI is InChI=1S/C7H5IO3/c8-5-1-4(3-9)6(10)2-7(5)11/h1-3,10-11H. The Labute approximate surface area is 76.8 Å². The molecule has 0 fully saturated rings. The van der Waals surface area contributed by atoms with Crippen molar-refractivity contribution in [1.82, 2.24) is 0 Å². The summed E-state index contributed by atoms with van der Waals surface area (Å²) in [7, 11) is 0. The molecule has 1 aromatic rings. The van der Waals surface area contributed by atoms with E-state index in [1.807, 2.05) is 22.6 Å². The molecule has 0 spiro atoms. The van der Waals surface area contributed by atoms with Gasteiger partial charge in [0.25, 0.3) is 0 Å². The Morgan fingerprint density at radius 1 is 1.27 bits per heavy atom. The van der Waals surface area contributed by atoms with Crippen LogP contribution in [0.1, 0.15) is 10.4 Å². The number of hydrogen-bond donors (Lipinski definition) is 2. The number of hydrogen-bond acceptors (Lipinski definition) is 3. The van der Waals surface area contributed by atoms with E-state index in [0.717, 1.165) is 6.07 Å². The first-order valence-electron chi connectivity index (χ1n) is 2.82. The molecule has 2 N–H and O–H groups in total. The number of benzene rings is 1. The fourth-order valence-electron chi connectivity index (χ4n) is 0.661. The molecular formula is C7H5IO3. The van der Waals surface area contributed by atoms with Crippen LogP contribution in [0.4, 0.5) is 0 Å². The van der Waals surface area contributed by atoms with E-state index < -0.39 is 0 Å². The number of carbonyl (C=O) groups is 1. The van der Waals surface area contributed by atoms with E-state index >= 15 is 0 Å². The van der Waals surface area contributed by atoms with Crippen molar-refractivity contribution in [3.8, 4) is 11.5 Å². The number of aromatic hydroxyl groups is 2. The van der Waals surface area contributed by atoms with Crippen LogP contribution in [0.2, 0.25) is 0 Å². The molecule has 11 heavy (non-hydrogen) atoms. The Morgan fingerprint density at radius 2 is 1.91 bits per heavy atom. The summed E-state index contributed by atoms with van der Waals surface area (Å²) in [5, 5.41) is 18.1. The topological polar surface area (TPSA) is 57.5 Å². The van der Waals surface area contributed by atoms with Crippen LogP contribution in [0.3, 0.4) is 0 Å². The van der Waals surface area contributed by atoms with Crippen LogP contribution in [-0.2, 0) is 0 Å². The minimum absolute atomic E-state index is 0.0197. The van der Waals surface area contributed by atoms with Gasteiger partial charge in [0.2, 0.25) is 0 Å². The van der Waals surface area contributed by atoms with Crippen LogP contribution in [0.25, 0.3) is 0 Å². The highest BCUT2D eigenvalue weighted by Gasteiger charge is 2.04. The zero-order valence-corrected chi connectivity index (χ0v) is 7.57. The van der Waals surface area contributed by atoms with Crippen molar-refractivity contribution < 1.29 is 15.0 Å². The Morgan fingerprint density at radius 3 is 2.45 bits per heavy atom. The molecule has 0 aliphatic heterocycles. The third-order valence-corrected chi connectivity index (χ3v) is 2.09. The molecule has 58 valence electrons. The van der Waals surface area contributed by atoms with Gasteiger partial charge in [0.05, 0.1) is 9.13 Å². The normalized spacial score (nSPS) is 9.55. The van der Waals surface area contributed by atoms with E-state index in [9.17, 15) is 4.79 Å². The Kier molecular flexibility index (Phi) is 2.33. The van der Waals surface area contributed by atoms with E-state index in [2.05, 4.69) is 0 Å². The van der Waals surface area contributed by atoms with E-state index in [0.29, 0.717) is 9.86 Å². The molecule has 0 heterocycles. The lowest BCUT2D eigenvalue weighted by Crippen LogP contribution is -1.83. The smallest absolute Gasteiger partial charge is 0.153 e. The fourth-order valence-corrected chi connectivity index (χ4v) is 1.15. The van der Waals surface area contributed by atoms with Crippen molar-refractivity contribution in [3.63, 3.8) is 0 Å². The van der Waals surface area contributed by atoms with E-state index in [4.69, 9.17) is 10.2 Å². The molecule has 1 aromatic carbocycles. The van der Waals surface area contributed by atoms with Crippen molar-refractivity contribution >= 4 is 28.9 Å². The van der Waals surface area contributed by atoms with Gasteiger partial charge in [-0.2, -0.15) is 0 Å². The molecule has 0 atom stereocenters. The van der Waals surface area contributed by atoms with Gasteiger partial charge in [0, 0.05) is 6.07 Å². The van der Waals surface area contributed by atoms with Gasteiger partial charge in [0.1, 0.15) is 11.5 Å². The van der Waals surface area contributed by atoms with Crippen LogP contribution < -0.4 is 0 Å². The van der Waals surface area contributed by atoms with Crippen molar-refractivity contribution in [1.29, 1.82) is 0 Å². The molecule has 0 radical (unpaired) electrons. The quantitative estimate of drug-likeness (QED) is 0.597. The molecule has 0 aliphatic rings.